The van der Waals surface area contributed by atoms with Crippen molar-refractivity contribution in [2.24, 2.45) is 0 Å². The number of methoxy groups -OCH3 is 1. The van der Waals surface area contributed by atoms with Gasteiger partial charge in [-0.05, 0) is 24.3 Å². The van der Waals surface area contributed by atoms with Crippen LogP contribution in [0.2, 0.25) is 0 Å². The third-order valence-electron chi connectivity index (χ3n) is 3.95. The quantitative estimate of drug-likeness (QED) is 0.485. The maximum atomic E-state index is 12.6. The zero-order valence-electron chi connectivity index (χ0n) is 14.3. The van der Waals surface area contributed by atoms with E-state index in [9.17, 15) is 4.79 Å². The van der Waals surface area contributed by atoms with Gasteiger partial charge in [-0.2, -0.15) is 9.50 Å². The van der Waals surface area contributed by atoms with Gasteiger partial charge in [0, 0.05) is 15.6 Å². The number of benzene rings is 2. The van der Waals surface area contributed by atoms with Gasteiger partial charge in [0.15, 0.2) is 5.82 Å². The molecule has 2 aromatic carbocycles. The van der Waals surface area contributed by atoms with E-state index >= 15 is 0 Å². The highest BCUT2D eigenvalue weighted by Gasteiger charge is 2.11. The number of aromatic nitrogens is 3. The van der Waals surface area contributed by atoms with Crippen molar-refractivity contribution in [2.75, 3.05) is 7.11 Å². The first-order valence-corrected chi connectivity index (χ1v) is 9.73. The van der Waals surface area contributed by atoms with Crippen molar-refractivity contribution in [1.29, 1.82) is 0 Å². The molecule has 27 heavy (non-hydrogen) atoms. The molecule has 0 atom stereocenters. The minimum absolute atomic E-state index is 0.171. The molecule has 134 valence electrons. The number of hydrogen-bond acceptors (Lipinski definition) is 5. The molecule has 4 aromatic rings. The van der Waals surface area contributed by atoms with Gasteiger partial charge in [0.2, 0.25) is 4.96 Å². The first kappa shape index (κ1) is 17.6. The van der Waals surface area contributed by atoms with Gasteiger partial charge in [-0.3, -0.25) is 4.79 Å². The van der Waals surface area contributed by atoms with Crippen LogP contribution in [0, 0.1) is 0 Å². The molecule has 0 aliphatic heterocycles. The summed E-state index contributed by atoms with van der Waals surface area (Å²) >= 11 is 4.72. The molecule has 4 rings (SSSR count). The smallest absolute Gasteiger partial charge is 0.291 e. The van der Waals surface area contributed by atoms with Gasteiger partial charge < -0.3 is 4.74 Å². The topological polar surface area (TPSA) is 56.5 Å². The standard InChI is InChI=1S/C20H14BrN3O2S/c1-26-16-7-3-2-5-13(16)6-4-8-17-19(25)24-20(27-17)22-18(23-24)14-9-11-15(21)12-10-14/h2-12H,1H3/b6-4+,17-8+. The lowest BCUT2D eigenvalue weighted by atomic mass is 10.2. The Balaban J connectivity index is 1.67. The number of hydrogen-bond donors (Lipinski definition) is 0. The Morgan fingerprint density at radius 3 is 2.67 bits per heavy atom. The van der Waals surface area contributed by atoms with Crippen LogP contribution < -0.4 is 14.8 Å². The maximum Gasteiger partial charge on any atom is 0.291 e. The fourth-order valence-electron chi connectivity index (χ4n) is 2.61. The number of halogens is 1. The molecule has 2 aromatic heterocycles. The summed E-state index contributed by atoms with van der Waals surface area (Å²) in [6, 6.07) is 15.4. The molecule has 0 fully saturated rings. The van der Waals surface area contributed by atoms with E-state index in [1.54, 1.807) is 13.2 Å². The van der Waals surface area contributed by atoms with Crippen molar-refractivity contribution >= 4 is 44.4 Å². The van der Waals surface area contributed by atoms with E-state index in [0.717, 1.165) is 21.3 Å². The molecule has 0 saturated heterocycles. The van der Waals surface area contributed by atoms with Crippen LogP contribution in [0.1, 0.15) is 5.56 Å². The lowest BCUT2D eigenvalue weighted by Crippen LogP contribution is -2.23. The van der Waals surface area contributed by atoms with Crippen LogP contribution in [0.3, 0.4) is 0 Å². The minimum atomic E-state index is -0.171. The Hall–Kier alpha value is -2.77. The van der Waals surface area contributed by atoms with Crippen molar-refractivity contribution in [2.45, 2.75) is 0 Å². The number of thiazole rings is 1. The van der Waals surface area contributed by atoms with Gasteiger partial charge >= 0.3 is 0 Å². The van der Waals surface area contributed by atoms with Crippen LogP contribution in [-0.4, -0.2) is 21.7 Å². The zero-order valence-corrected chi connectivity index (χ0v) is 16.7. The van der Waals surface area contributed by atoms with Gasteiger partial charge in [0.05, 0.1) is 11.6 Å². The van der Waals surface area contributed by atoms with E-state index in [-0.39, 0.29) is 5.56 Å². The highest BCUT2D eigenvalue weighted by Crippen LogP contribution is 2.20. The van der Waals surface area contributed by atoms with E-state index < -0.39 is 0 Å². The lowest BCUT2D eigenvalue weighted by Gasteiger charge is -2.02. The molecule has 0 bridgehead atoms. The fraction of sp³-hybridized carbons (Fsp3) is 0.0500. The average molecular weight is 440 g/mol. The predicted molar refractivity (Wildman–Crippen MR) is 112 cm³/mol. The minimum Gasteiger partial charge on any atom is -0.496 e. The monoisotopic (exact) mass is 439 g/mol. The summed E-state index contributed by atoms with van der Waals surface area (Å²) in [5.41, 5.74) is 1.64. The molecular weight excluding hydrogens is 426 g/mol. The maximum absolute atomic E-state index is 12.6. The SMILES string of the molecule is COc1ccccc1/C=C/C=c1/sc2nc(-c3ccc(Br)cc3)nn2c1=O. The average Bonchev–Trinajstić information content (AvgIpc) is 3.22. The summed E-state index contributed by atoms with van der Waals surface area (Å²) in [7, 11) is 1.63. The molecule has 7 heteroatoms. The lowest BCUT2D eigenvalue weighted by molar-refractivity contribution is 0.414. The van der Waals surface area contributed by atoms with Gasteiger partial charge in [0.1, 0.15) is 5.75 Å². The molecule has 0 saturated carbocycles. The van der Waals surface area contributed by atoms with Gasteiger partial charge in [-0.15, -0.1) is 5.10 Å². The van der Waals surface area contributed by atoms with Gasteiger partial charge in [-0.25, -0.2) is 0 Å². The molecule has 0 aliphatic carbocycles. The molecule has 0 aliphatic rings. The van der Waals surface area contributed by atoms with Crippen molar-refractivity contribution < 1.29 is 4.74 Å². The highest BCUT2D eigenvalue weighted by molar-refractivity contribution is 9.10. The number of para-hydroxylation sites is 1. The molecule has 0 amide bonds. The Kier molecular flexibility index (Phi) is 4.87. The van der Waals surface area contributed by atoms with Crippen LogP contribution in [0.25, 0.3) is 28.5 Å². The molecule has 5 nitrogen and oxygen atoms in total. The second-order valence-electron chi connectivity index (χ2n) is 5.68. The number of nitrogens with zero attached hydrogens (tertiary/aromatic N) is 3. The zero-order chi connectivity index (χ0) is 18.8. The number of ether oxygens (including phenoxy) is 1. The summed E-state index contributed by atoms with van der Waals surface area (Å²) in [5.74, 6) is 1.33. The summed E-state index contributed by atoms with van der Waals surface area (Å²) in [4.78, 5) is 17.6. The number of allylic oxidation sites excluding steroid dienone is 1. The Morgan fingerprint density at radius 1 is 1.15 bits per heavy atom. The van der Waals surface area contributed by atoms with E-state index in [1.165, 1.54) is 15.9 Å². The second-order valence-corrected chi connectivity index (χ2v) is 7.60. The Morgan fingerprint density at radius 2 is 1.93 bits per heavy atom. The highest BCUT2D eigenvalue weighted by atomic mass is 79.9. The number of rotatable bonds is 4. The van der Waals surface area contributed by atoms with Crippen molar-refractivity contribution in [3.05, 3.63) is 79.5 Å². The second kappa shape index (κ2) is 7.46. The van der Waals surface area contributed by atoms with E-state index in [0.29, 0.717) is 15.3 Å². The predicted octanol–water partition coefficient (Wildman–Crippen LogP) is 3.80. The summed E-state index contributed by atoms with van der Waals surface area (Å²) in [6.07, 6.45) is 5.51. The third kappa shape index (κ3) is 3.56. The molecule has 0 unspecified atom stereocenters. The van der Waals surface area contributed by atoms with E-state index in [1.807, 2.05) is 60.7 Å². The summed E-state index contributed by atoms with van der Waals surface area (Å²) in [5, 5.41) is 4.35. The van der Waals surface area contributed by atoms with Crippen molar-refractivity contribution in [1.82, 2.24) is 14.6 Å². The molecular formula is C20H14BrN3O2S. The van der Waals surface area contributed by atoms with Crippen LogP contribution in [0.4, 0.5) is 0 Å². The van der Waals surface area contributed by atoms with Crippen molar-refractivity contribution in [3.8, 4) is 17.1 Å². The normalized spacial score (nSPS) is 12.3. The summed E-state index contributed by atoms with van der Waals surface area (Å²) < 4.78 is 8.23. The summed E-state index contributed by atoms with van der Waals surface area (Å²) in [6.45, 7) is 0. The van der Waals surface area contributed by atoms with Crippen LogP contribution >= 0.6 is 27.3 Å². The number of fused-ring (bicyclic) bond motifs is 1. The van der Waals surface area contributed by atoms with E-state index in [2.05, 4.69) is 26.0 Å². The Bertz CT molecular complexity index is 1240. The molecule has 0 spiro atoms. The largest absolute Gasteiger partial charge is 0.496 e. The Labute approximate surface area is 167 Å². The van der Waals surface area contributed by atoms with Crippen molar-refractivity contribution in [3.63, 3.8) is 0 Å². The molecule has 0 N–H and O–H groups in total. The molecule has 2 heterocycles. The van der Waals surface area contributed by atoms with Gasteiger partial charge in [0.25, 0.3) is 5.56 Å². The fourth-order valence-corrected chi connectivity index (χ4v) is 3.74. The van der Waals surface area contributed by atoms with Crippen LogP contribution in [0.15, 0.2) is 63.9 Å². The first-order chi connectivity index (χ1) is 13.2. The third-order valence-corrected chi connectivity index (χ3v) is 5.45. The van der Waals surface area contributed by atoms with Gasteiger partial charge in [-0.1, -0.05) is 69.8 Å². The van der Waals surface area contributed by atoms with Crippen LogP contribution in [0.5, 0.6) is 5.75 Å². The van der Waals surface area contributed by atoms with E-state index in [4.69, 9.17) is 4.74 Å². The van der Waals surface area contributed by atoms with Crippen LogP contribution in [-0.2, 0) is 0 Å². The first-order valence-electron chi connectivity index (χ1n) is 8.12. The molecule has 0 radical (unpaired) electrons.